The van der Waals surface area contributed by atoms with Gasteiger partial charge in [-0.1, -0.05) is 18.5 Å². The summed E-state index contributed by atoms with van der Waals surface area (Å²) in [4.78, 5) is 1.88. The monoisotopic (exact) mass is 287 g/mol. The Morgan fingerprint density at radius 3 is 2.74 bits per heavy atom. The molecule has 1 saturated heterocycles. The maximum Gasteiger partial charge on any atom is 0.169 e. The van der Waals surface area contributed by atoms with Crippen molar-refractivity contribution in [2.45, 2.75) is 19.4 Å². The smallest absolute Gasteiger partial charge is 0.169 e. The van der Waals surface area contributed by atoms with Crippen molar-refractivity contribution in [1.82, 2.24) is 0 Å². The van der Waals surface area contributed by atoms with Crippen molar-refractivity contribution < 1.29 is 9.13 Å². The van der Waals surface area contributed by atoms with Gasteiger partial charge in [-0.25, -0.2) is 4.39 Å². The molecule has 2 rings (SSSR count). The van der Waals surface area contributed by atoms with E-state index in [1.807, 2.05) is 4.90 Å². The second-order valence-corrected chi connectivity index (χ2v) is 5.40. The van der Waals surface area contributed by atoms with Crippen LogP contribution in [0.5, 0.6) is 0 Å². The normalized spacial score (nSPS) is 23.7. The largest absolute Gasteiger partial charge is 0.397 e. The van der Waals surface area contributed by atoms with Crippen LogP contribution < -0.4 is 16.4 Å². The molecule has 1 aliphatic rings. The van der Waals surface area contributed by atoms with Crippen LogP contribution in [0.2, 0.25) is 5.02 Å². The minimum absolute atomic E-state index is 0.0591. The number of halogens is 2. The van der Waals surface area contributed by atoms with Crippen LogP contribution in [0.15, 0.2) is 6.07 Å². The summed E-state index contributed by atoms with van der Waals surface area (Å²) < 4.78 is 19.7. The molecule has 4 nitrogen and oxygen atoms in total. The number of nitrogens with two attached hydrogens (primary N) is 2. The zero-order valence-electron chi connectivity index (χ0n) is 11.1. The van der Waals surface area contributed by atoms with Gasteiger partial charge < -0.3 is 21.1 Å². The summed E-state index contributed by atoms with van der Waals surface area (Å²) in [5.74, 6) is -0.113. The average Bonchev–Trinajstić information content (AvgIpc) is 2.38. The predicted octanol–water partition coefficient (Wildman–Crippen LogP) is 2.50. The lowest BCUT2D eigenvalue weighted by atomic mass is 9.95. The first-order valence-corrected chi connectivity index (χ1v) is 6.64. The highest BCUT2D eigenvalue weighted by Crippen LogP contribution is 2.38. The number of hydrogen-bond acceptors (Lipinski definition) is 4. The van der Waals surface area contributed by atoms with Gasteiger partial charge in [0.2, 0.25) is 0 Å². The topological polar surface area (TPSA) is 64.5 Å². The van der Waals surface area contributed by atoms with Gasteiger partial charge in [0.25, 0.3) is 0 Å². The molecule has 1 heterocycles. The average molecular weight is 288 g/mol. The number of methoxy groups -OCH3 is 1. The van der Waals surface area contributed by atoms with Crippen LogP contribution in [-0.2, 0) is 4.74 Å². The van der Waals surface area contributed by atoms with Crippen molar-refractivity contribution in [2.75, 3.05) is 36.6 Å². The third kappa shape index (κ3) is 2.58. The quantitative estimate of drug-likeness (QED) is 0.820. The molecule has 1 aromatic carbocycles. The Balaban J connectivity index is 2.35. The predicted molar refractivity (Wildman–Crippen MR) is 77.0 cm³/mol. The first-order chi connectivity index (χ1) is 8.95. The maximum atomic E-state index is 14.3. The molecule has 0 spiro atoms. The zero-order chi connectivity index (χ0) is 14.2. The fourth-order valence-electron chi connectivity index (χ4n) is 2.52. The molecule has 6 heteroatoms. The summed E-state index contributed by atoms with van der Waals surface area (Å²) in [6, 6.07) is 1.50. The van der Waals surface area contributed by atoms with Crippen molar-refractivity contribution in [3.05, 3.63) is 16.9 Å². The second-order valence-electron chi connectivity index (χ2n) is 5.02. The van der Waals surface area contributed by atoms with Gasteiger partial charge in [0.05, 0.1) is 23.2 Å². The SMILES string of the molecule is COC1CN(c2c(N)cc(N)c(Cl)c2F)CCC1C. The second kappa shape index (κ2) is 5.43. The van der Waals surface area contributed by atoms with Gasteiger partial charge in [-0.15, -0.1) is 0 Å². The van der Waals surface area contributed by atoms with Crippen LogP contribution in [0.1, 0.15) is 13.3 Å². The van der Waals surface area contributed by atoms with Gasteiger partial charge in [-0.2, -0.15) is 0 Å². The molecule has 1 aliphatic heterocycles. The standard InChI is InChI=1S/C13H19ClFN3O/c1-7-3-4-18(6-10(7)19-2)13-9(17)5-8(16)11(14)12(13)15/h5,7,10H,3-4,6,16-17H2,1-2H3. The first-order valence-electron chi connectivity index (χ1n) is 6.26. The number of rotatable bonds is 2. The highest BCUT2D eigenvalue weighted by Gasteiger charge is 2.29. The van der Waals surface area contributed by atoms with E-state index in [0.717, 1.165) is 13.0 Å². The maximum absolute atomic E-state index is 14.3. The lowest BCUT2D eigenvalue weighted by Crippen LogP contribution is -2.44. The molecule has 0 amide bonds. The van der Waals surface area contributed by atoms with Gasteiger partial charge in [0, 0.05) is 20.2 Å². The summed E-state index contributed by atoms with van der Waals surface area (Å²) in [6.07, 6.45) is 0.975. The van der Waals surface area contributed by atoms with Crippen molar-refractivity contribution in [2.24, 2.45) is 5.92 Å². The molecular weight excluding hydrogens is 269 g/mol. The van der Waals surface area contributed by atoms with Crippen LogP contribution >= 0.6 is 11.6 Å². The van der Waals surface area contributed by atoms with Gasteiger partial charge >= 0.3 is 0 Å². The molecule has 0 saturated carbocycles. The van der Waals surface area contributed by atoms with E-state index in [2.05, 4.69) is 6.92 Å². The lowest BCUT2D eigenvalue weighted by molar-refractivity contribution is 0.0497. The Labute approximate surface area is 117 Å². The molecule has 19 heavy (non-hydrogen) atoms. The summed E-state index contributed by atoms with van der Waals surface area (Å²) in [5.41, 5.74) is 12.3. The van der Waals surface area contributed by atoms with Crippen LogP contribution in [0.3, 0.4) is 0 Å². The molecule has 1 aromatic rings. The fourth-order valence-corrected chi connectivity index (χ4v) is 2.67. The zero-order valence-corrected chi connectivity index (χ0v) is 11.9. The summed E-state index contributed by atoms with van der Waals surface area (Å²) in [7, 11) is 1.67. The van der Waals surface area contributed by atoms with Crippen LogP contribution in [0, 0.1) is 11.7 Å². The van der Waals surface area contributed by atoms with E-state index >= 15 is 0 Å². The number of benzene rings is 1. The Kier molecular flexibility index (Phi) is 4.06. The third-order valence-corrected chi connectivity index (χ3v) is 4.13. The molecule has 106 valence electrons. The molecule has 0 aromatic heterocycles. The number of piperidine rings is 1. The number of anilines is 3. The summed E-state index contributed by atoms with van der Waals surface area (Å²) in [6.45, 7) is 3.45. The Morgan fingerprint density at radius 1 is 1.42 bits per heavy atom. The van der Waals surface area contributed by atoms with Gasteiger partial charge in [-0.05, 0) is 18.4 Å². The number of ether oxygens (including phenoxy) is 1. The minimum atomic E-state index is -0.552. The van der Waals surface area contributed by atoms with Crippen molar-refractivity contribution in [3.63, 3.8) is 0 Å². The van der Waals surface area contributed by atoms with Crippen molar-refractivity contribution in [3.8, 4) is 0 Å². The van der Waals surface area contributed by atoms with Crippen molar-refractivity contribution in [1.29, 1.82) is 0 Å². The fraction of sp³-hybridized carbons (Fsp3) is 0.538. The summed E-state index contributed by atoms with van der Waals surface area (Å²) >= 11 is 5.86. The lowest BCUT2D eigenvalue weighted by Gasteiger charge is -2.38. The molecule has 2 atom stereocenters. The van der Waals surface area contributed by atoms with E-state index in [-0.39, 0.29) is 16.8 Å². The molecule has 1 fully saturated rings. The molecular formula is C13H19ClFN3O. The van der Waals surface area contributed by atoms with E-state index in [0.29, 0.717) is 23.8 Å². The molecule has 0 radical (unpaired) electrons. The number of nitrogen functional groups attached to an aromatic ring is 2. The Morgan fingerprint density at radius 2 is 2.11 bits per heavy atom. The molecule has 0 bridgehead atoms. The highest BCUT2D eigenvalue weighted by molar-refractivity contribution is 6.33. The molecule has 2 unspecified atom stereocenters. The molecule has 4 N–H and O–H groups in total. The van der Waals surface area contributed by atoms with Crippen LogP contribution in [0.25, 0.3) is 0 Å². The van der Waals surface area contributed by atoms with E-state index in [1.165, 1.54) is 6.07 Å². The van der Waals surface area contributed by atoms with Gasteiger partial charge in [-0.3, -0.25) is 0 Å². The van der Waals surface area contributed by atoms with E-state index in [9.17, 15) is 4.39 Å². The van der Waals surface area contributed by atoms with Crippen LogP contribution in [-0.4, -0.2) is 26.3 Å². The van der Waals surface area contributed by atoms with E-state index in [1.54, 1.807) is 7.11 Å². The van der Waals surface area contributed by atoms with E-state index < -0.39 is 5.82 Å². The third-order valence-electron chi connectivity index (χ3n) is 3.75. The first kappa shape index (κ1) is 14.2. The highest BCUT2D eigenvalue weighted by atomic mass is 35.5. The van der Waals surface area contributed by atoms with Crippen LogP contribution in [0.4, 0.5) is 21.5 Å². The van der Waals surface area contributed by atoms with Crippen molar-refractivity contribution >= 4 is 28.7 Å². The Bertz CT molecular complexity index is 483. The minimum Gasteiger partial charge on any atom is -0.397 e. The number of hydrogen-bond donors (Lipinski definition) is 2. The van der Waals surface area contributed by atoms with E-state index in [4.69, 9.17) is 27.8 Å². The summed E-state index contributed by atoms with van der Waals surface area (Å²) in [5, 5.41) is -0.0724. The Hall–Kier alpha value is -1.20. The molecule has 0 aliphatic carbocycles. The van der Waals surface area contributed by atoms with Gasteiger partial charge in [0.15, 0.2) is 5.82 Å². The number of nitrogens with zero attached hydrogens (tertiary/aromatic N) is 1. The van der Waals surface area contributed by atoms with Gasteiger partial charge in [0.1, 0.15) is 5.02 Å².